The lowest BCUT2D eigenvalue weighted by atomic mass is 9.78. The highest BCUT2D eigenvalue weighted by Crippen LogP contribution is 2.30. The van der Waals surface area contributed by atoms with Crippen molar-refractivity contribution < 1.29 is 9.59 Å². The Morgan fingerprint density at radius 2 is 1.92 bits per heavy atom. The summed E-state index contributed by atoms with van der Waals surface area (Å²) < 4.78 is 0. The molecule has 0 aromatic rings. The van der Waals surface area contributed by atoms with E-state index < -0.39 is 0 Å². The number of piperazine rings is 1. The zero-order chi connectivity index (χ0) is 9.42. The van der Waals surface area contributed by atoms with Crippen molar-refractivity contribution >= 4 is 11.8 Å². The maximum Gasteiger partial charge on any atom is 0.244 e. The van der Waals surface area contributed by atoms with Crippen molar-refractivity contribution in [3.63, 3.8) is 0 Å². The quantitative estimate of drug-likeness (QED) is 0.552. The van der Waals surface area contributed by atoms with Gasteiger partial charge in [-0.05, 0) is 25.7 Å². The fourth-order valence-corrected chi connectivity index (χ4v) is 1.85. The van der Waals surface area contributed by atoms with E-state index in [-0.39, 0.29) is 23.9 Å². The maximum atomic E-state index is 11.4. The molecule has 1 heterocycles. The normalized spacial score (nSPS) is 35.5. The summed E-state index contributed by atoms with van der Waals surface area (Å²) in [5.74, 6) is 0.0870. The van der Waals surface area contributed by atoms with Crippen molar-refractivity contribution in [1.82, 2.24) is 10.6 Å². The van der Waals surface area contributed by atoms with E-state index in [0.29, 0.717) is 5.92 Å². The molecule has 2 aliphatic rings. The molecule has 2 N–H and O–H groups in total. The van der Waals surface area contributed by atoms with E-state index in [1.165, 1.54) is 6.42 Å². The van der Waals surface area contributed by atoms with Gasteiger partial charge in [-0.2, -0.15) is 0 Å². The molecule has 2 unspecified atom stereocenters. The third-order valence-electron chi connectivity index (χ3n) is 2.97. The Bertz CT molecular complexity index is 248. The predicted molar refractivity (Wildman–Crippen MR) is 46.9 cm³/mol. The van der Waals surface area contributed by atoms with E-state index in [2.05, 4.69) is 10.6 Å². The molecular formula is C9H14N2O2. The van der Waals surface area contributed by atoms with Gasteiger partial charge in [0.05, 0.1) is 12.1 Å². The van der Waals surface area contributed by atoms with Gasteiger partial charge in [0.15, 0.2) is 0 Å². The van der Waals surface area contributed by atoms with Gasteiger partial charge in [-0.3, -0.25) is 20.2 Å². The summed E-state index contributed by atoms with van der Waals surface area (Å²) in [6.45, 7) is 1.79. The van der Waals surface area contributed by atoms with Crippen LogP contribution in [0.2, 0.25) is 0 Å². The second-order valence-electron chi connectivity index (χ2n) is 3.91. The zero-order valence-corrected chi connectivity index (χ0v) is 7.67. The minimum absolute atomic E-state index is 0.138. The second kappa shape index (κ2) is 3.10. The summed E-state index contributed by atoms with van der Waals surface area (Å²) in [6, 6.07) is -0.371. The van der Waals surface area contributed by atoms with Gasteiger partial charge in [-0.1, -0.05) is 6.42 Å². The van der Waals surface area contributed by atoms with Crippen LogP contribution in [0.15, 0.2) is 0 Å². The first-order chi connectivity index (χ1) is 6.18. The largest absolute Gasteiger partial charge is 0.295 e. The Morgan fingerprint density at radius 1 is 1.23 bits per heavy atom. The third-order valence-corrected chi connectivity index (χ3v) is 2.97. The van der Waals surface area contributed by atoms with Crippen molar-refractivity contribution in [2.75, 3.05) is 0 Å². The Morgan fingerprint density at radius 3 is 2.46 bits per heavy atom. The molecule has 4 nitrogen and oxygen atoms in total. The highest BCUT2D eigenvalue weighted by atomic mass is 16.2. The first kappa shape index (κ1) is 8.69. The average Bonchev–Trinajstić information content (AvgIpc) is 1.96. The average molecular weight is 182 g/mol. The van der Waals surface area contributed by atoms with Crippen LogP contribution >= 0.6 is 0 Å². The number of carbonyl (C=O) groups excluding carboxylic acids is 2. The van der Waals surface area contributed by atoms with Gasteiger partial charge >= 0.3 is 0 Å². The minimum atomic E-state index is -0.233. The fourth-order valence-electron chi connectivity index (χ4n) is 1.85. The zero-order valence-electron chi connectivity index (χ0n) is 7.67. The van der Waals surface area contributed by atoms with E-state index in [1.54, 1.807) is 6.92 Å². The molecule has 0 bridgehead atoms. The Kier molecular flexibility index (Phi) is 2.07. The standard InChI is InChI=1S/C9H14N2O2/c1-5-8(12)11-9(13)7(10-5)6-3-2-4-6/h5-7,10H,2-4H2,1H3,(H,11,12,13). The molecule has 13 heavy (non-hydrogen) atoms. The van der Waals surface area contributed by atoms with Gasteiger partial charge < -0.3 is 0 Å². The molecule has 1 aliphatic heterocycles. The number of rotatable bonds is 1. The highest BCUT2D eigenvalue weighted by Gasteiger charge is 2.38. The van der Waals surface area contributed by atoms with Gasteiger partial charge in [-0.15, -0.1) is 0 Å². The van der Waals surface area contributed by atoms with E-state index in [0.717, 1.165) is 12.8 Å². The Labute approximate surface area is 77.1 Å². The first-order valence-electron chi connectivity index (χ1n) is 4.79. The smallest absolute Gasteiger partial charge is 0.244 e. The molecule has 0 spiro atoms. The lowest BCUT2D eigenvalue weighted by Gasteiger charge is -2.37. The summed E-state index contributed by atoms with van der Waals surface area (Å²) in [5.41, 5.74) is 0. The van der Waals surface area contributed by atoms with Crippen LogP contribution in [0, 0.1) is 5.92 Å². The maximum absolute atomic E-state index is 11.4. The number of imide groups is 1. The van der Waals surface area contributed by atoms with Gasteiger partial charge in [0.1, 0.15) is 0 Å². The number of hydrogen-bond donors (Lipinski definition) is 2. The van der Waals surface area contributed by atoms with Crippen LogP contribution in [0.4, 0.5) is 0 Å². The molecule has 72 valence electrons. The molecule has 2 amide bonds. The molecule has 2 fully saturated rings. The van der Waals surface area contributed by atoms with Crippen LogP contribution < -0.4 is 10.6 Å². The van der Waals surface area contributed by atoms with E-state index in [1.807, 2.05) is 0 Å². The topological polar surface area (TPSA) is 58.2 Å². The minimum Gasteiger partial charge on any atom is -0.295 e. The molecule has 1 aliphatic carbocycles. The van der Waals surface area contributed by atoms with E-state index in [4.69, 9.17) is 0 Å². The van der Waals surface area contributed by atoms with E-state index >= 15 is 0 Å². The van der Waals surface area contributed by atoms with Crippen LogP contribution in [0.25, 0.3) is 0 Å². The highest BCUT2D eigenvalue weighted by molar-refractivity contribution is 6.02. The van der Waals surface area contributed by atoms with Gasteiger partial charge in [0.25, 0.3) is 0 Å². The van der Waals surface area contributed by atoms with Crippen LogP contribution in [-0.2, 0) is 9.59 Å². The number of carbonyl (C=O) groups is 2. The SMILES string of the molecule is CC1NC(C2CCC2)C(=O)NC1=O. The molecule has 2 atom stereocenters. The number of nitrogens with one attached hydrogen (secondary N) is 2. The van der Waals surface area contributed by atoms with Gasteiger partial charge in [0, 0.05) is 0 Å². The Balaban J connectivity index is 2.03. The van der Waals surface area contributed by atoms with Crippen molar-refractivity contribution in [2.45, 2.75) is 38.3 Å². The number of hydrogen-bond acceptors (Lipinski definition) is 3. The van der Waals surface area contributed by atoms with Crippen LogP contribution in [0.1, 0.15) is 26.2 Å². The van der Waals surface area contributed by atoms with Crippen molar-refractivity contribution in [3.8, 4) is 0 Å². The summed E-state index contributed by atoms with van der Waals surface area (Å²) in [6.07, 6.45) is 3.41. The molecule has 2 rings (SSSR count). The summed E-state index contributed by atoms with van der Waals surface area (Å²) >= 11 is 0. The summed E-state index contributed by atoms with van der Waals surface area (Å²) in [4.78, 5) is 22.5. The molecule has 0 radical (unpaired) electrons. The lowest BCUT2D eigenvalue weighted by molar-refractivity contribution is -0.138. The molecule has 0 aromatic carbocycles. The third kappa shape index (κ3) is 1.46. The fraction of sp³-hybridized carbons (Fsp3) is 0.778. The first-order valence-corrected chi connectivity index (χ1v) is 4.79. The summed E-state index contributed by atoms with van der Waals surface area (Å²) in [7, 11) is 0. The molecule has 4 heteroatoms. The van der Waals surface area contributed by atoms with Crippen molar-refractivity contribution in [1.29, 1.82) is 0 Å². The second-order valence-corrected chi connectivity index (χ2v) is 3.91. The lowest BCUT2D eigenvalue weighted by Crippen LogP contribution is -2.63. The molecule has 1 saturated heterocycles. The number of amides is 2. The van der Waals surface area contributed by atoms with Crippen molar-refractivity contribution in [2.24, 2.45) is 5.92 Å². The van der Waals surface area contributed by atoms with Gasteiger partial charge in [0.2, 0.25) is 11.8 Å². The molecule has 0 aromatic heterocycles. The van der Waals surface area contributed by atoms with E-state index in [9.17, 15) is 9.59 Å². The Hall–Kier alpha value is -0.900. The summed E-state index contributed by atoms with van der Waals surface area (Å²) in [5, 5.41) is 5.44. The van der Waals surface area contributed by atoms with Crippen LogP contribution in [0.3, 0.4) is 0 Å². The van der Waals surface area contributed by atoms with Gasteiger partial charge in [-0.25, -0.2) is 0 Å². The predicted octanol–water partition coefficient (Wildman–Crippen LogP) is -0.210. The molecule has 1 saturated carbocycles. The monoisotopic (exact) mass is 182 g/mol. The van der Waals surface area contributed by atoms with Crippen molar-refractivity contribution in [3.05, 3.63) is 0 Å². The van der Waals surface area contributed by atoms with Crippen LogP contribution in [0.5, 0.6) is 0 Å². The molecular weight excluding hydrogens is 168 g/mol. The van der Waals surface area contributed by atoms with Crippen LogP contribution in [-0.4, -0.2) is 23.9 Å².